The van der Waals surface area contributed by atoms with Crippen molar-refractivity contribution in [1.29, 1.82) is 0 Å². The van der Waals surface area contributed by atoms with Gasteiger partial charge in [0.15, 0.2) is 0 Å². The lowest BCUT2D eigenvalue weighted by Gasteiger charge is -2.22. The summed E-state index contributed by atoms with van der Waals surface area (Å²) in [4.78, 5) is 13.8. The summed E-state index contributed by atoms with van der Waals surface area (Å²) in [7, 11) is -3.74. The van der Waals surface area contributed by atoms with Crippen molar-refractivity contribution in [3.63, 3.8) is 0 Å². The number of hydrogen-bond donors (Lipinski definition) is 3. The van der Waals surface area contributed by atoms with Gasteiger partial charge in [0.25, 0.3) is 15.9 Å². The monoisotopic (exact) mass is 285 g/mol. The summed E-state index contributed by atoms with van der Waals surface area (Å²) in [6, 6.07) is 7.25. The van der Waals surface area contributed by atoms with E-state index in [1.165, 1.54) is 12.1 Å². The molecule has 1 fully saturated rings. The molecule has 1 aliphatic heterocycles. The predicted octanol–water partition coefficient (Wildman–Crippen LogP) is -1.02. The Morgan fingerprint density at radius 1 is 1.32 bits per heavy atom. The molecule has 0 bridgehead atoms. The van der Waals surface area contributed by atoms with Crippen LogP contribution in [-0.4, -0.2) is 40.1 Å². The fourth-order valence-corrected chi connectivity index (χ4v) is 2.47. The number of morpholine rings is 1. The predicted molar refractivity (Wildman–Crippen MR) is 67.5 cm³/mol. The molecule has 1 unspecified atom stereocenters. The van der Waals surface area contributed by atoms with E-state index in [4.69, 9.17) is 4.74 Å². The molecule has 1 amide bonds. The molecule has 7 nitrogen and oxygen atoms in total. The normalized spacial score (nSPS) is 19.9. The lowest BCUT2D eigenvalue weighted by atomic mass is 10.3. The van der Waals surface area contributed by atoms with Gasteiger partial charge in [-0.2, -0.15) is 0 Å². The molecule has 0 aromatic heterocycles. The summed E-state index contributed by atoms with van der Waals surface area (Å²) in [5, 5.41) is 2.92. The Balaban J connectivity index is 1.93. The maximum atomic E-state index is 11.8. The largest absolute Gasteiger partial charge is 0.378 e. The first kappa shape index (κ1) is 13.9. The van der Waals surface area contributed by atoms with Gasteiger partial charge in [0.1, 0.15) is 6.04 Å². The second-order valence-electron chi connectivity index (χ2n) is 3.99. The maximum Gasteiger partial charge on any atom is 0.257 e. The minimum Gasteiger partial charge on any atom is -0.378 e. The van der Waals surface area contributed by atoms with Crippen LogP contribution in [0, 0.1) is 0 Å². The number of benzene rings is 1. The van der Waals surface area contributed by atoms with Crippen molar-refractivity contribution in [1.82, 2.24) is 15.6 Å². The second-order valence-corrected chi connectivity index (χ2v) is 5.67. The molecule has 0 spiro atoms. The molecule has 8 heteroatoms. The number of amides is 1. The average Bonchev–Trinajstić information content (AvgIpc) is 2.47. The molecule has 3 N–H and O–H groups in total. The molecular formula is C11H15N3O4S. The van der Waals surface area contributed by atoms with Gasteiger partial charge in [-0.3, -0.25) is 10.2 Å². The molecule has 0 radical (unpaired) electrons. The first-order valence-electron chi connectivity index (χ1n) is 5.77. The molecule has 0 saturated carbocycles. The number of sulfonamides is 1. The van der Waals surface area contributed by atoms with Gasteiger partial charge < -0.3 is 10.1 Å². The highest BCUT2D eigenvalue weighted by molar-refractivity contribution is 7.89. The van der Waals surface area contributed by atoms with Gasteiger partial charge in [-0.05, 0) is 12.1 Å². The fraction of sp³-hybridized carbons (Fsp3) is 0.364. The smallest absolute Gasteiger partial charge is 0.257 e. The maximum absolute atomic E-state index is 11.8. The third kappa shape index (κ3) is 3.74. The van der Waals surface area contributed by atoms with Gasteiger partial charge in [0.2, 0.25) is 0 Å². The van der Waals surface area contributed by atoms with Crippen molar-refractivity contribution in [2.24, 2.45) is 0 Å². The molecule has 104 valence electrons. The van der Waals surface area contributed by atoms with Gasteiger partial charge in [-0.25, -0.2) is 8.42 Å². The molecule has 1 atom stereocenters. The average molecular weight is 285 g/mol. The van der Waals surface area contributed by atoms with Crippen molar-refractivity contribution in [3.8, 4) is 0 Å². The molecule has 1 aromatic carbocycles. The Labute approximate surface area is 111 Å². The van der Waals surface area contributed by atoms with E-state index in [2.05, 4.69) is 10.7 Å². The summed E-state index contributed by atoms with van der Waals surface area (Å²) in [5.41, 5.74) is 2.17. The Morgan fingerprint density at radius 2 is 2.05 bits per heavy atom. The SMILES string of the molecule is O=C(NNS(=O)(=O)c1ccccc1)C1COCCN1. The highest BCUT2D eigenvalue weighted by Gasteiger charge is 2.22. The molecule has 2 rings (SSSR count). The Kier molecular flexibility index (Phi) is 4.48. The van der Waals surface area contributed by atoms with Crippen LogP contribution in [0.15, 0.2) is 35.2 Å². The molecule has 19 heavy (non-hydrogen) atoms. The van der Waals surface area contributed by atoms with Crippen molar-refractivity contribution in [2.45, 2.75) is 10.9 Å². The van der Waals surface area contributed by atoms with E-state index in [1.807, 2.05) is 4.83 Å². The highest BCUT2D eigenvalue weighted by Crippen LogP contribution is 2.05. The zero-order valence-corrected chi connectivity index (χ0v) is 10.9. The zero-order valence-electron chi connectivity index (χ0n) is 10.1. The number of hydrazine groups is 1. The third-order valence-electron chi connectivity index (χ3n) is 2.60. The van der Waals surface area contributed by atoms with Crippen LogP contribution in [0.25, 0.3) is 0 Å². The van der Waals surface area contributed by atoms with Crippen molar-refractivity contribution < 1.29 is 17.9 Å². The van der Waals surface area contributed by atoms with Crippen molar-refractivity contribution in [2.75, 3.05) is 19.8 Å². The summed E-state index contributed by atoms with van der Waals surface area (Å²) in [6.07, 6.45) is 0. The first-order chi connectivity index (χ1) is 9.09. The van der Waals surface area contributed by atoms with E-state index in [9.17, 15) is 13.2 Å². The molecule has 1 aliphatic rings. The number of carbonyl (C=O) groups excluding carboxylic acids is 1. The van der Waals surface area contributed by atoms with E-state index in [0.29, 0.717) is 13.2 Å². The zero-order chi connectivity index (χ0) is 13.7. The van der Waals surface area contributed by atoms with Gasteiger partial charge >= 0.3 is 0 Å². The van der Waals surface area contributed by atoms with Crippen LogP contribution < -0.4 is 15.6 Å². The van der Waals surface area contributed by atoms with E-state index in [1.54, 1.807) is 18.2 Å². The molecular weight excluding hydrogens is 270 g/mol. The van der Waals surface area contributed by atoms with Gasteiger partial charge in [-0.1, -0.05) is 18.2 Å². The van der Waals surface area contributed by atoms with Crippen LogP contribution in [0.4, 0.5) is 0 Å². The highest BCUT2D eigenvalue weighted by atomic mass is 32.2. The minimum absolute atomic E-state index is 0.0863. The molecule has 1 aromatic rings. The lowest BCUT2D eigenvalue weighted by Crippen LogP contribution is -2.55. The van der Waals surface area contributed by atoms with Crippen LogP contribution in [-0.2, 0) is 19.6 Å². The van der Waals surface area contributed by atoms with Gasteiger partial charge in [0, 0.05) is 6.54 Å². The summed E-state index contributed by atoms with van der Waals surface area (Å²) in [5.74, 6) is -0.473. The number of hydrogen-bond acceptors (Lipinski definition) is 5. The van der Waals surface area contributed by atoms with E-state index >= 15 is 0 Å². The summed E-state index contributed by atoms with van der Waals surface area (Å²) >= 11 is 0. The van der Waals surface area contributed by atoms with Crippen LogP contribution in [0.2, 0.25) is 0 Å². The topological polar surface area (TPSA) is 96.5 Å². The molecule has 0 aliphatic carbocycles. The third-order valence-corrected chi connectivity index (χ3v) is 3.86. The van der Waals surface area contributed by atoms with Gasteiger partial charge in [0.05, 0.1) is 18.1 Å². The lowest BCUT2D eigenvalue weighted by molar-refractivity contribution is -0.126. The van der Waals surface area contributed by atoms with Crippen LogP contribution in [0.5, 0.6) is 0 Å². The Hall–Kier alpha value is -1.48. The van der Waals surface area contributed by atoms with Crippen LogP contribution in [0.1, 0.15) is 0 Å². The Bertz CT molecular complexity index is 526. The molecule has 1 saturated heterocycles. The quantitative estimate of drug-likeness (QED) is 0.616. The minimum atomic E-state index is -3.74. The number of rotatable bonds is 4. The number of nitrogens with one attached hydrogen (secondary N) is 3. The Morgan fingerprint density at radius 3 is 2.68 bits per heavy atom. The van der Waals surface area contributed by atoms with E-state index in [-0.39, 0.29) is 11.5 Å². The summed E-state index contributed by atoms with van der Waals surface area (Å²) < 4.78 is 28.8. The molecule has 1 heterocycles. The van der Waals surface area contributed by atoms with Crippen molar-refractivity contribution in [3.05, 3.63) is 30.3 Å². The van der Waals surface area contributed by atoms with Crippen LogP contribution in [0.3, 0.4) is 0 Å². The van der Waals surface area contributed by atoms with Gasteiger partial charge in [-0.15, -0.1) is 4.83 Å². The number of ether oxygens (including phenoxy) is 1. The standard InChI is InChI=1S/C11H15N3O4S/c15-11(10-8-18-7-6-12-10)13-14-19(16,17)9-4-2-1-3-5-9/h1-5,10,12,14H,6-8H2,(H,13,15). The van der Waals surface area contributed by atoms with Crippen molar-refractivity contribution >= 4 is 15.9 Å². The summed E-state index contributed by atoms with van der Waals surface area (Å²) in [6.45, 7) is 1.32. The van der Waals surface area contributed by atoms with E-state index < -0.39 is 22.0 Å². The second kappa shape index (κ2) is 6.11. The van der Waals surface area contributed by atoms with E-state index in [0.717, 1.165) is 0 Å². The first-order valence-corrected chi connectivity index (χ1v) is 7.26. The number of carbonyl (C=O) groups is 1. The van der Waals surface area contributed by atoms with Crippen LogP contribution >= 0.6 is 0 Å². The fourth-order valence-electron chi connectivity index (χ4n) is 1.60.